The minimum Gasteiger partial charge on any atom is -0.375 e. The minimum atomic E-state index is -0.437. The zero-order valence-electron chi connectivity index (χ0n) is 7.89. The topological polar surface area (TPSA) is 66.6 Å². The van der Waals surface area contributed by atoms with Gasteiger partial charge in [-0.15, -0.1) is 0 Å². The fourth-order valence-electron chi connectivity index (χ4n) is 1.12. The Balaban J connectivity index is 2.38. The normalized spacial score (nSPS) is 9.86. The second-order valence-electron chi connectivity index (χ2n) is 2.99. The molecule has 0 fully saturated rings. The van der Waals surface area contributed by atoms with Crippen LogP contribution in [0.15, 0.2) is 30.3 Å². The first-order valence-electron chi connectivity index (χ1n) is 4.44. The fraction of sp³-hybridized carbons (Fsp3) is 0.300. The Kier molecular flexibility index (Phi) is 4.10. The third kappa shape index (κ3) is 3.16. The van der Waals surface area contributed by atoms with Gasteiger partial charge in [-0.05, 0) is 12.0 Å². The van der Waals surface area contributed by atoms with Crippen molar-refractivity contribution in [3.05, 3.63) is 35.9 Å². The van der Waals surface area contributed by atoms with Crippen LogP contribution < -0.4 is 5.84 Å². The molecule has 0 atom stereocenters. The Hall–Kier alpha value is -1.39. The number of aryl methyl sites for hydroxylation is 1. The molecule has 0 saturated carbocycles. The number of carbonyl (C=O) groups is 1. The Bertz CT molecular complexity index is 287. The van der Waals surface area contributed by atoms with Crippen LogP contribution in [-0.2, 0) is 11.2 Å². The first-order valence-corrected chi connectivity index (χ1v) is 4.44. The number of aliphatic hydroxyl groups excluding tert-OH is 1. The van der Waals surface area contributed by atoms with Crippen molar-refractivity contribution >= 4 is 5.91 Å². The SMILES string of the molecule is NN(CO)C(=O)CCc1ccccc1. The van der Waals surface area contributed by atoms with Gasteiger partial charge in [-0.1, -0.05) is 30.3 Å². The molecule has 0 aromatic heterocycles. The second kappa shape index (κ2) is 5.36. The summed E-state index contributed by atoms with van der Waals surface area (Å²) in [6.45, 7) is -0.437. The van der Waals surface area contributed by atoms with Gasteiger partial charge in [0, 0.05) is 6.42 Å². The highest BCUT2D eigenvalue weighted by molar-refractivity contribution is 5.75. The summed E-state index contributed by atoms with van der Waals surface area (Å²) in [5.74, 6) is 4.96. The summed E-state index contributed by atoms with van der Waals surface area (Å²) < 4.78 is 0. The van der Waals surface area contributed by atoms with Gasteiger partial charge in [-0.3, -0.25) is 9.80 Å². The van der Waals surface area contributed by atoms with Crippen molar-refractivity contribution in [1.29, 1.82) is 0 Å². The van der Waals surface area contributed by atoms with Crippen molar-refractivity contribution in [1.82, 2.24) is 5.01 Å². The molecule has 1 rings (SSSR count). The van der Waals surface area contributed by atoms with E-state index in [4.69, 9.17) is 10.9 Å². The summed E-state index contributed by atoms with van der Waals surface area (Å²) >= 11 is 0. The molecule has 0 bridgehead atoms. The van der Waals surface area contributed by atoms with E-state index in [1.54, 1.807) is 0 Å². The Morgan fingerprint density at radius 2 is 2.00 bits per heavy atom. The van der Waals surface area contributed by atoms with Crippen LogP contribution in [-0.4, -0.2) is 22.8 Å². The van der Waals surface area contributed by atoms with E-state index in [-0.39, 0.29) is 5.91 Å². The van der Waals surface area contributed by atoms with E-state index in [1.807, 2.05) is 30.3 Å². The number of benzene rings is 1. The molecule has 0 radical (unpaired) electrons. The molecular formula is C10H14N2O2. The van der Waals surface area contributed by atoms with E-state index >= 15 is 0 Å². The molecule has 4 heteroatoms. The summed E-state index contributed by atoms with van der Waals surface area (Å²) in [7, 11) is 0. The molecule has 14 heavy (non-hydrogen) atoms. The van der Waals surface area contributed by atoms with E-state index in [9.17, 15) is 4.79 Å². The monoisotopic (exact) mass is 194 g/mol. The highest BCUT2D eigenvalue weighted by Crippen LogP contribution is 2.02. The van der Waals surface area contributed by atoms with Crippen molar-refractivity contribution in [2.24, 2.45) is 5.84 Å². The summed E-state index contributed by atoms with van der Waals surface area (Å²) in [5, 5.41) is 9.39. The predicted molar refractivity (Wildman–Crippen MR) is 52.9 cm³/mol. The molecule has 0 aliphatic carbocycles. The number of aliphatic hydroxyl groups is 1. The van der Waals surface area contributed by atoms with E-state index in [0.29, 0.717) is 12.8 Å². The van der Waals surface area contributed by atoms with Gasteiger partial charge in [0.1, 0.15) is 6.73 Å². The van der Waals surface area contributed by atoms with E-state index in [1.165, 1.54) is 0 Å². The molecule has 0 saturated heterocycles. The lowest BCUT2D eigenvalue weighted by Gasteiger charge is -2.12. The molecule has 0 aliphatic rings. The van der Waals surface area contributed by atoms with E-state index < -0.39 is 6.73 Å². The third-order valence-corrected chi connectivity index (χ3v) is 1.94. The molecule has 1 aromatic carbocycles. The molecule has 0 unspecified atom stereocenters. The number of carbonyl (C=O) groups excluding carboxylic acids is 1. The smallest absolute Gasteiger partial charge is 0.238 e. The van der Waals surface area contributed by atoms with Crippen molar-refractivity contribution < 1.29 is 9.90 Å². The highest BCUT2D eigenvalue weighted by atomic mass is 16.3. The Morgan fingerprint density at radius 1 is 1.36 bits per heavy atom. The average molecular weight is 194 g/mol. The largest absolute Gasteiger partial charge is 0.375 e. The zero-order valence-corrected chi connectivity index (χ0v) is 7.89. The predicted octanol–water partition coefficient (Wildman–Crippen LogP) is 0.271. The summed E-state index contributed by atoms with van der Waals surface area (Å²) in [4.78, 5) is 11.2. The zero-order chi connectivity index (χ0) is 10.4. The molecular weight excluding hydrogens is 180 g/mol. The van der Waals surface area contributed by atoms with E-state index in [0.717, 1.165) is 10.6 Å². The van der Waals surface area contributed by atoms with Gasteiger partial charge in [0.05, 0.1) is 0 Å². The molecule has 1 amide bonds. The highest BCUT2D eigenvalue weighted by Gasteiger charge is 2.07. The van der Waals surface area contributed by atoms with Crippen molar-refractivity contribution in [3.8, 4) is 0 Å². The summed E-state index contributed by atoms with van der Waals surface area (Å²) in [6, 6.07) is 9.67. The number of nitrogens with zero attached hydrogens (tertiary/aromatic N) is 1. The van der Waals surface area contributed by atoms with Gasteiger partial charge < -0.3 is 5.11 Å². The van der Waals surface area contributed by atoms with Crippen LogP contribution in [0.5, 0.6) is 0 Å². The first-order chi connectivity index (χ1) is 6.74. The van der Waals surface area contributed by atoms with Gasteiger partial charge >= 0.3 is 0 Å². The van der Waals surface area contributed by atoms with Gasteiger partial charge in [-0.2, -0.15) is 0 Å². The first kappa shape index (κ1) is 10.7. The van der Waals surface area contributed by atoms with Crippen LogP contribution in [0.1, 0.15) is 12.0 Å². The fourth-order valence-corrected chi connectivity index (χ4v) is 1.12. The molecule has 0 spiro atoms. The van der Waals surface area contributed by atoms with Crippen LogP contribution in [0.4, 0.5) is 0 Å². The number of nitrogens with two attached hydrogens (primary N) is 1. The summed E-state index contributed by atoms with van der Waals surface area (Å²) in [5.41, 5.74) is 1.09. The lowest BCUT2D eigenvalue weighted by atomic mass is 10.1. The number of amides is 1. The molecule has 76 valence electrons. The van der Waals surface area contributed by atoms with Crippen LogP contribution in [0.2, 0.25) is 0 Å². The average Bonchev–Trinajstić information content (AvgIpc) is 2.26. The van der Waals surface area contributed by atoms with Crippen LogP contribution in [0.3, 0.4) is 0 Å². The lowest BCUT2D eigenvalue weighted by molar-refractivity contribution is -0.135. The second-order valence-corrected chi connectivity index (χ2v) is 2.99. The quantitative estimate of drug-likeness (QED) is 0.313. The van der Waals surface area contributed by atoms with Gasteiger partial charge in [0.2, 0.25) is 5.91 Å². The van der Waals surface area contributed by atoms with Gasteiger partial charge in [0.15, 0.2) is 0 Å². The maximum atomic E-state index is 11.2. The molecule has 1 aromatic rings. The summed E-state index contributed by atoms with van der Waals surface area (Å²) in [6.07, 6.45) is 0.967. The van der Waals surface area contributed by atoms with Gasteiger partial charge in [0.25, 0.3) is 0 Å². The number of hydrogen-bond donors (Lipinski definition) is 2. The number of rotatable bonds is 4. The maximum Gasteiger partial charge on any atom is 0.238 e. The molecule has 4 nitrogen and oxygen atoms in total. The van der Waals surface area contributed by atoms with Gasteiger partial charge in [-0.25, -0.2) is 5.84 Å². The van der Waals surface area contributed by atoms with Crippen LogP contribution in [0, 0.1) is 0 Å². The molecule has 3 N–H and O–H groups in total. The van der Waals surface area contributed by atoms with Crippen LogP contribution >= 0.6 is 0 Å². The molecule has 0 aliphatic heterocycles. The lowest BCUT2D eigenvalue weighted by Crippen LogP contribution is -2.38. The van der Waals surface area contributed by atoms with Crippen LogP contribution in [0.25, 0.3) is 0 Å². The maximum absolute atomic E-state index is 11.2. The number of hydrogen-bond acceptors (Lipinski definition) is 3. The standard InChI is InChI=1S/C10H14N2O2/c11-12(8-13)10(14)7-6-9-4-2-1-3-5-9/h1-5,13H,6-8,11H2. The van der Waals surface area contributed by atoms with Crippen molar-refractivity contribution in [3.63, 3.8) is 0 Å². The number of hydrazine groups is 1. The Morgan fingerprint density at radius 3 is 2.57 bits per heavy atom. The van der Waals surface area contributed by atoms with Crippen molar-refractivity contribution in [2.45, 2.75) is 12.8 Å². The molecule has 0 heterocycles. The van der Waals surface area contributed by atoms with Crippen molar-refractivity contribution in [2.75, 3.05) is 6.73 Å². The Labute approximate surface area is 82.9 Å². The third-order valence-electron chi connectivity index (χ3n) is 1.94. The van der Waals surface area contributed by atoms with E-state index in [2.05, 4.69) is 0 Å². The minimum absolute atomic E-state index is 0.253.